The summed E-state index contributed by atoms with van der Waals surface area (Å²) < 4.78 is 11.0. The molecule has 25 heavy (non-hydrogen) atoms. The summed E-state index contributed by atoms with van der Waals surface area (Å²) in [5.41, 5.74) is 1.05. The number of fused-ring (bicyclic) bond motifs is 1. The molecular weight excluding hydrogens is 322 g/mol. The van der Waals surface area contributed by atoms with Gasteiger partial charge in [-0.05, 0) is 38.1 Å². The van der Waals surface area contributed by atoms with E-state index in [9.17, 15) is 9.59 Å². The number of amides is 2. The predicted octanol–water partition coefficient (Wildman–Crippen LogP) is 2.23. The van der Waals surface area contributed by atoms with Gasteiger partial charge in [0.05, 0.1) is 12.3 Å². The molecule has 7 heteroatoms. The van der Waals surface area contributed by atoms with E-state index in [1.54, 1.807) is 43.5 Å². The molecule has 0 spiro atoms. The van der Waals surface area contributed by atoms with Crippen molar-refractivity contribution in [2.45, 2.75) is 20.0 Å². The summed E-state index contributed by atoms with van der Waals surface area (Å²) >= 11 is 0. The van der Waals surface area contributed by atoms with Crippen molar-refractivity contribution in [3.8, 4) is 11.6 Å². The smallest absolute Gasteiger partial charge is 0.268 e. The van der Waals surface area contributed by atoms with Crippen LogP contribution in [0.5, 0.6) is 11.6 Å². The summed E-state index contributed by atoms with van der Waals surface area (Å²) in [6.07, 6.45) is 0.949. The maximum absolute atomic E-state index is 12.5. The summed E-state index contributed by atoms with van der Waals surface area (Å²) in [5, 5.41) is 2.75. The molecule has 0 fully saturated rings. The minimum Gasteiger partial charge on any atom is -0.479 e. The van der Waals surface area contributed by atoms with E-state index in [2.05, 4.69) is 10.3 Å². The normalized spacial score (nSPS) is 16.0. The van der Waals surface area contributed by atoms with Crippen molar-refractivity contribution in [1.29, 1.82) is 0 Å². The Balaban J connectivity index is 1.78. The maximum Gasteiger partial charge on any atom is 0.268 e. The molecule has 130 valence electrons. The fraction of sp³-hybridized carbons (Fsp3) is 0.278. The highest BCUT2D eigenvalue weighted by atomic mass is 16.5. The van der Waals surface area contributed by atoms with Crippen LogP contribution < -0.4 is 19.7 Å². The highest BCUT2D eigenvalue weighted by Crippen LogP contribution is 2.33. The summed E-state index contributed by atoms with van der Waals surface area (Å²) in [4.78, 5) is 30.4. The molecule has 7 nitrogen and oxygen atoms in total. The number of pyridine rings is 1. The Morgan fingerprint density at radius 3 is 2.92 bits per heavy atom. The Morgan fingerprint density at radius 2 is 2.12 bits per heavy atom. The molecule has 0 saturated carbocycles. The van der Waals surface area contributed by atoms with Crippen LogP contribution in [0.4, 0.5) is 11.4 Å². The number of hydrogen-bond donors (Lipinski definition) is 1. The quantitative estimate of drug-likeness (QED) is 0.902. The number of aromatic nitrogens is 1. The third kappa shape index (κ3) is 3.55. The van der Waals surface area contributed by atoms with Crippen molar-refractivity contribution in [2.75, 3.05) is 23.4 Å². The number of nitrogens with zero attached hydrogens (tertiary/aromatic N) is 2. The van der Waals surface area contributed by atoms with Gasteiger partial charge in [0.1, 0.15) is 18.0 Å². The third-order valence-corrected chi connectivity index (χ3v) is 3.70. The predicted molar refractivity (Wildman–Crippen MR) is 92.9 cm³/mol. The van der Waals surface area contributed by atoms with Gasteiger partial charge in [-0.15, -0.1) is 0 Å². The van der Waals surface area contributed by atoms with Crippen LogP contribution in [0.25, 0.3) is 0 Å². The van der Waals surface area contributed by atoms with Crippen molar-refractivity contribution in [2.24, 2.45) is 0 Å². The lowest BCUT2D eigenvalue weighted by Crippen LogP contribution is -2.47. The van der Waals surface area contributed by atoms with Crippen molar-refractivity contribution < 1.29 is 19.1 Å². The number of hydrogen-bond acceptors (Lipinski definition) is 5. The summed E-state index contributed by atoms with van der Waals surface area (Å²) in [6, 6.07) is 10.6. The number of rotatable bonds is 5. The van der Waals surface area contributed by atoms with Crippen LogP contribution in [0, 0.1) is 0 Å². The zero-order chi connectivity index (χ0) is 17.8. The Hall–Kier alpha value is -3.09. The van der Waals surface area contributed by atoms with Crippen LogP contribution in [-0.4, -0.2) is 36.1 Å². The van der Waals surface area contributed by atoms with Crippen LogP contribution >= 0.6 is 0 Å². The fourth-order valence-corrected chi connectivity index (χ4v) is 2.59. The topological polar surface area (TPSA) is 80.8 Å². The van der Waals surface area contributed by atoms with E-state index in [-0.39, 0.29) is 18.4 Å². The molecular formula is C18H19N3O4. The van der Waals surface area contributed by atoms with E-state index < -0.39 is 6.10 Å². The highest BCUT2D eigenvalue weighted by molar-refractivity contribution is 6.06. The van der Waals surface area contributed by atoms with Gasteiger partial charge in [0, 0.05) is 6.20 Å². The number of nitrogens with one attached hydrogen (secondary N) is 1. The zero-order valence-electron chi connectivity index (χ0n) is 14.1. The number of para-hydroxylation sites is 2. The van der Waals surface area contributed by atoms with E-state index >= 15 is 0 Å². The molecule has 2 heterocycles. The second-order valence-electron chi connectivity index (χ2n) is 5.49. The van der Waals surface area contributed by atoms with Gasteiger partial charge >= 0.3 is 0 Å². The Bertz CT molecular complexity index is 793. The van der Waals surface area contributed by atoms with E-state index in [0.29, 0.717) is 29.6 Å². The Morgan fingerprint density at radius 1 is 1.32 bits per heavy atom. The molecule has 0 aliphatic carbocycles. The molecule has 1 aliphatic heterocycles. The molecule has 2 aromatic rings. The van der Waals surface area contributed by atoms with Crippen molar-refractivity contribution in [1.82, 2.24) is 4.98 Å². The number of ether oxygens (including phenoxy) is 2. The molecule has 0 bridgehead atoms. The van der Waals surface area contributed by atoms with Crippen molar-refractivity contribution in [3.63, 3.8) is 0 Å². The van der Waals surface area contributed by atoms with E-state index in [1.165, 1.54) is 4.90 Å². The van der Waals surface area contributed by atoms with E-state index in [4.69, 9.17) is 9.47 Å². The fourth-order valence-electron chi connectivity index (χ4n) is 2.59. The standard InChI is InChI=1S/C18H19N3O4/c1-3-24-17-13(7-6-10-19-17)20-16(22)11-21-14-8-4-5-9-15(14)25-12(2)18(21)23/h4-10,12H,3,11H2,1-2H3,(H,20,22)/t12-/m1/s1. The van der Waals surface area contributed by atoms with Crippen LogP contribution in [-0.2, 0) is 9.59 Å². The first kappa shape index (κ1) is 16.8. The lowest BCUT2D eigenvalue weighted by atomic mass is 10.2. The number of benzene rings is 1. The van der Waals surface area contributed by atoms with Gasteiger partial charge in [-0.3, -0.25) is 14.5 Å². The molecule has 3 rings (SSSR count). The van der Waals surface area contributed by atoms with Crippen molar-refractivity contribution >= 4 is 23.2 Å². The highest BCUT2D eigenvalue weighted by Gasteiger charge is 2.32. The SMILES string of the molecule is CCOc1ncccc1NC(=O)CN1C(=O)[C@@H](C)Oc2ccccc21. The monoisotopic (exact) mass is 341 g/mol. The average Bonchev–Trinajstić information content (AvgIpc) is 2.61. The minimum absolute atomic E-state index is 0.121. The molecule has 0 unspecified atom stereocenters. The van der Waals surface area contributed by atoms with Gasteiger partial charge in [-0.25, -0.2) is 4.98 Å². The average molecular weight is 341 g/mol. The van der Waals surface area contributed by atoms with Crippen LogP contribution in [0.3, 0.4) is 0 Å². The Labute approximate surface area is 145 Å². The molecule has 1 atom stereocenters. The molecule has 1 aliphatic rings. The molecule has 0 saturated heterocycles. The summed E-state index contributed by atoms with van der Waals surface area (Å²) in [7, 11) is 0. The first-order valence-electron chi connectivity index (χ1n) is 8.05. The van der Waals surface area contributed by atoms with E-state index in [1.807, 2.05) is 13.0 Å². The lowest BCUT2D eigenvalue weighted by molar-refractivity contribution is -0.127. The molecule has 1 N–H and O–H groups in total. The molecule has 2 amide bonds. The largest absolute Gasteiger partial charge is 0.479 e. The van der Waals surface area contributed by atoms with Gasteiger partial charge in [-0.2, -0.15) is 0 Å². The van der Waals surface area contributed by atoms with Crippen LogP contribution in [0.15, 0.2) is 42.6 Å². The van der Waals surface area contributed by atoms with Crippen molar-refractivity contribution in [3.05, 3.63) is 42.6 Å². The molecule has 1 aromatic heterocycles. The Kier molecular flexibility index (Phi) is 4.83. The molecule has 0 radical (unpaired) electrons. The molecule has 1 aromatic carbocycles. The van der Waals surface area contributed by atoms with E-state index in [0.717, 1.165) is 0 Å². The summed E-state index contributed by atoms with van der Waals surface area (Å²) in [6.45, 7) is 3.82. The maximum atomic E-state index is 12.5. The van der Waals surface area contributed by atoms with Gasteiger partial charge < -0.3 is 14.8 Å². The van der Waals surface area contributed by atoms with Gasteiger partial charge in [0.25, 0.3) is 5.91 Å². The van der Waals surface area contributed by atoms with Gasteiger partial charge in [0.2, 0.25) is 11.8 Å². The first-order valence-corrected chi connectivity index (χ1v) is 8.05. The van der Waals surface area contributed by atoms with Crippen LogP contribution in [0.1, 0.15) is 13.8 Å². The third-order valence-electron chi connectivity index (χ3n) is 3.70. The lowest BCUT2D eigenvalue weighted by Gasteiger charge is -2.32. The summed E-state index contributed by atoms with van der Waals surface area (Å²) in [5.74, 6) is 0.329. The number of carbonyl (C=O) groups excluding carboxylic acids is 2. The number of anilines is 2. The minimum atomic E-state index is -0.639. The first-order chi connectivity index (χ1) is 12.1. The zero-order valence-corrected chi connectivity index (χ0v) is 14.1. The van der Waals surface area contributed by atoms with Crippen LogP contribution in [0.2, 0.25) is 0 Å². The second-order valence-corrected chi connectivity index (χ2v) is 5.49. The second kappa shape index (κ2) is 7.21. The van der Waals surface area contributed by atoms with Gasteiger partial charge in [-0.1, -0.05) is 12.1 Å². The van der Waals surface area contributed by atoms with Gasteiger partial charge in [0.15, 0.2) is 6.10 Å². The number of carbonyl (C=O) groups is 2.